The lowest BCUT2D eigenvalue weighted by molar-refractivity contribution is 0.373. The molecule has 2 N–H and O–H groups in total. The second kappa shape index (κ2) is 12.0. The van der Waals surface area contributed by atoms with Crippen LogP contribution in [0.5, 0.6) is 17.2 Å². The van der Waals surface area contributed by atoms with E-state index in [-0.39, 0.29) is 11.5 Å². The molecule has 0 aromatic heterocycles. The van der Waals surface area contributed by atoms with Gasteiger partial charge >= 0.3 is 0 Å². The molecule has 0 bridgehead atoms. The highest BCUT2D eigenvalue weighted by molar-refractivity contribution is 5.84. The number of methoxy groups -OCH3 is 1. The number of rotatable bonds is 9. The maximum Gasteiger partial charge on any atom is 0.161 e. The third-order valence-electron chi connectivity index (χ3n) is 6.24. The van der Waals surface area contributed by atoms with Crippen molar-refractivity contribution in [2.24, 2.45) is 9.98 Å². The monoisotopic (exact) mass is 492 g/mol. The van der Waals surface area contributed by atoms with Crippen molar-refractivity contribution in [1.29, 1.82) is 0 Å². The molecule has 0 aliphatic rings. The first-order valence-corrected chi connectivity index (χ1v) is 12.5. The van der Waals surface area contributed by atoms with Gasteiger partial charge in [-0.1, -0.05) is 50.2 Å². The second-order valence-corrected chi connectivity index (χ2v) is 8.85. The number of phenolic OH excluding ortho intramolecular Hbond substituents is 2. The lowest BCUT2D eigenvalue weighted by Crippen LogP contribution is -1.93. The Bertz CT molecular complexity index is 1440. The van der Waals surface area contributed by atoms with E-state index in [2.05, 4.69) is 55.2 Å². The highest BCUT2D eigenvalue weighted by Crippen LogP contribution is 2.28. The lowest BCUT2D eigenvalue weighted by atomic mass is 9.98. The van der Waals surface area contributed by atoms with Gasteiger partial charge in [0, 0.05) is 12.4 Å². The van der Waals surface area contributed by atoms with Crippen molar-refractivity contribution in [3.05, 3.63) is 112 Å². The molecule has 0 radical (unpaired) electrons. The number of hydrogen-bond donors (Lipinski definition) is 2. The number of ether oxygens (including phenoxy) is 1. The quantitative estimate of drug-likeness (QED) is 0.240. The van der Waals surface area contributed by atoms with E-state index in [4.69, 9.17) is 9.73 Å². The summed E-state index contributed by atoms with van der Waals surface area (Å²) in [6.45, 7) is 4.27. The zero-order chi connectivity index (χ0) is 26.2. The Hall–Kier alpha value is -4.38. The van der Waals surface area contributed by atoms with Crippen molar-refractivity contribution in [3.63, 3.8) is 0 Å². The molecule has 0 saturated heterocycles. The molecule has 4 aromatic carbocycles. The Balaban J connectivity index is 1.51. The van der Waals surface area contributed by atoms with Gasteiger partial charge in [0.25, 0.3) is 0 Å². The fraction of sp³-hybridized carbons (Fsp3) is 0.188. The summed E-state index contributed by atoms with van der Waals surface area (Å²) in [5, 5.41) is 19.5. The van der Waals surface area contributed by atoms with Crippen molar-refractivity contribution in [2.45, 2.75) is 33.1 Å². The summed E-state index contributed by atoms with van der Waals surface area (Å²) in [5.74, 6) is 0.775. The summed E-state index contributed by atoms with van der Waals surface area (Å²) in [6.07, 6.45) is 6.17. The van der Waals surface area contributed by atoms with E-state index in [0.717, 1.165) is 41.8 Å². The van der Waals surface area contributed by atoms with E-state index in [1.807, 2.05) is 18.2 Å². The van der Waals surface area contributed by atoms with Crippen LogP contribution in [-0.2, 0) is 19.3 Å². The van der Waals surface area contributed by atoms with Gasteiger partial charge in [0.15, 0.2) is 11.5 Å². The van der Waals surface area contributed by atoms with Gasteiger partial charge in [-0.25, -0.2) is 0 Å². The summed E-state index contributed by atoms with van der Waals surface area (Å²) in [4.78, 5) is 9.36. The average Bonchev–Trinajstić information content (AvgIpc) is 2.92. The van der Waals surface area contributed by atoms with Crippen molar-refractivity contribution >= 4 is 23.8 Å². The van der Waals surface area contributed by atoms with Gasteiger partial charge in [0.2, 0.25) is 0 Å². The number of phenols is 2. The van der Waals surface area contributed by atoms with E-state index >= 15 is 0 Å². The standard InChI is InChI=1S/C32H32N2O3/c1-4-26-16-22(9-12-29(26)33-20-24-7-6-8-28(35)18-24)15-23-10-13-30(27(5-2)17-23)34-21-25-11-14-31(36)32(19-25)37-3/h6-14,16-21,35-36H,4-5,15H2,1-3H3. The van der Waals surface area contributed by atoms with Crippen molar-refractivity contribution < 1.29 is 14.9 Å². The number of aliphatic imine (C=N–C) groups is 2. The van der Waals surface area contributed by atoms with Gasteiger partial charge in [-0.15, -0.1) is 0 Å². The molecule has 4 rings (SSSR count). The van der Waals surface area contributed by atoms with E-state index in [0.29, 0.717) is 5.75 Å². The predicted molar refractivity (Wildman–Crippen MR) is 152 cm³/mol. The highest BCUT2D eigenvalue weighted by atomic mass is 16.5. The summed E-state index contributed by atoms with van der Waals surface area (Å²) in [5.41, 5.74) is 8.45. The van der Waals surface area contributed by atoms with Crippen LogP contribution in [0.25, 0.3) is 0 Å². The molecule has 5 nitrogen and oxygen atoms in total. The Morgan fingerprint density at radius 3 is 1.84 bits per heavy atom. The van der Waals surface area contributed by atoms with Crippen molar-refractivity contribution in [1.82, 2.24) is 0 Å². The van der Waals surface area contributed by atoms with Crippen LogP contribution in [0.4, 0.5) is 11.4 Å². The van der Waals surface area contributed by atoms with Crippen LogP contribution >= 0.6 is 0 Å². The maximum atomic E-state index is 9.80. The number of nitrogens with zero attached hydrogens (tertiary/aromatic N) is 2. The summed E-state index contributed by atoms with van der Waals surface area (Å²) >= 11 is 0. The fourth-order valence-corrected chi connectivity index (χ4v) is 4.22. The smallest absolute Gasteiger partial charge is 0.161 e. The van der Waals surface area contributed by atoms with Crippen molar-refractivity contribution in [2.75, 3.05) is 7.11 Å². The molecule has 4 aromatic rings. The maximum absolute atomic E-state index is 9.80. The van der Waals surface area contributed by atoms with Crippen molar-refractivity contribution in [3.8, 4) is 17.2 Å². The van der Waals surface area contributed by atoms with E-state index in [1.165, 1.54) is 29.4 Å². The first-order valence-electron chi connectivity index (χ1n) is 12.5. The van der Waals surface area contributed by atoms with Crippen LogP contribution in [0.1, 0.15) is 47.2 Å². The minimum Gasteiger partial charge on any atom is -0.508 e. The van der Waals surface area contributed by atoms with Gasteiger partial charge in [-0.2, -0.15) is 0 Å². The molecule has 5 heteroatoms. The fourth-order valence-electron chi connectivity index (χ4n) is 4.22. The van der Waals surface area contributed by atoms with Crippen LogP contribution in [0.3, 0.4) is 0 Å². The van der Waals surface area contributed by atoms with Gasteiger partial charge < -0.3 is 14.9 Å². The summed E-state index contributed by atoms with van der Waals surface area (Å²) < 4.78 is 5.19. The molecule has 0 aliphatic carbocycles. The molecule has 0 heterocycles. The number of benzene rings is 4. The van der Waals surface area contributed by atoms with E-state index < -0.39 is 0 Å². The van der Waals surface area contributed by atoms with Gasteiger partial charge in [-0.3, -0.25) is 9.98 Å². The Kier molecular flexibility index (Phi) is 8.37. The number of hydrogen-bond acceptors (Lipinski definition) is 5. The molecule has 0 amide bonds. The summed E-state index contributed by atoms with van der Waals surface area (Å²) in [6, 6.07) is 25.1. The average molecular weight is 493 g/mol. The van der Waals surface area contributed by atoms with Gasteiger partial charge in [0.05, 0.1) is 18.5 Å². The molecule has 0 aliphatic heterocycles. The highest BCUT2D eigenvalue weighted by Gasteiger charge is 2.07. The minimum absolute atomic E-state index is 0.112. The largest absolute Gasteiger partial charge is 0.508 e. The predicted octanol–water partition coefficient (Wildman–Crippen LogP) is 7.32. The van der Waals surface area contributed by atoms with Crippen LogP contribution in [0, 0.1) is 0 Å². The second-order valence-electron chi connectivity index (χ2n) is 8.85. The van der Waals surface area contributed by atoms with Gasteiger partial charge in [-0.05, 0) is 95.1 Å². The molecular weight excluding hydrogens is 460 g/mol. The van der Waals surface area contributed by atoms with E-state index in [1.54, 1.807) is 36.7 Å². The first kappa shape index (κ1) is 25.7. The molecule has 0 fully saturated rings. The summed E-state index contributed by atoms with van der Waals surface area (Å²) in [7, 11) is 1.53. The van der Waals surface area contributed by atoms with Gasteiger partial charge in [0.1, 0.15) is 5.75 Å². The zero-order valence-corrected chi connectivity index (χ0v) is 21.5. The molecule has 188 valence electrons. The van der Waals surface area contributed by atoms with Crippen LogP contribution < -0.4 is 4.74 Å². The van der Waals surface area contributed by atoms with Crippen LogP contribution in [0.2, 0.25) is 0 Å². The third-order valence-corrected chi connectivity index (χ3v) is 6.24. The zero-order valence-electron chi connectivity index (χ0n) is 21.5. The number of aryl methyl sites for hydroxylation is 2. The Morgan fingerprint density at radius 2 is 1.30 bits per heavy atom. The normalized spacial score (nSPS) is 11.4. The Labute approximate surface area is 218 Å². The molecule has 37 heavy (non-hydrogen) atoms. The number of aromatic hydroxyl groups is 2. The van der Waals surface area contributed by atoms with E-state index in [9.17, 15) is 10.2 Å². The molecule has 0 saturated carbocycles. The third kappa shape index (κ3) is 6.64. The molecule has 0 unspecified atom stereocenters. The van der Waals surface area contributed by atoms with Crippen LogP contribution in [0.15, 0.2) is 88.8 Å². The molecule has 0 atom stereocenters. The first-order chi connectivity index (χ1) is 18.0. The SMILES string of the molecule is CCc1cc(Cc2ccc(N=Cc3ccc(O)c(OC)c3)c(CC)c2)ccc1N=Cc1cccc(O)c1. The lowest BCUT2D eigenvalue weighted by Gasteiger charge is -2.10. The topological polar surface area (TPSA) is 74.4 Å². The molecular formula is C32H32N2O3. The minimum atomic E-state index is 0.112. The van der Waals surface area contributed by atoms with Crippen LogP contribution in [-0.4, -0.2) is 29.8 Å². The Morgan fingerprint density at radius 1 is 0.703 bits per heavy atom. The molecule has 0 spiro atoms.